The second kappa shape index (κ2) is 11.1. The molecule has 0 unspecified atom stereocenters. The Morgan fingerprint density at radius 3 is 2.28 bits per heavy atom. The van der Waals surface area contributed by atoms with Gasteiger partial charge in [-0.1, -0.05) is 19.8 Å². The molecule has 2 rings (SSSR count). The number of hydrogen-bond donors (Lipinski definition) is 0. The number of hydrogen-bond acceptors (Lipinski definition) is 4. The van der Waals surface area contributed by atoms with Crippen molar-refractivity contribution in [3.05, 3.63) is 16.9 Å². The molecule has 1 fully saturated rings. The number of aromatic nitrogens is 2. The summed E-state index contributed by atoms with van der Waals surface area (Å²) >= 11 is 3.40. The molecular weight excluding hydrogens is 376 g/mol. The number of unbranched alkanes of at least 4 members (excludes halogenated alkanes) is 2. The lowest BCUT2D eigenvalue weighted by molar-refractivity contribution is 0.268. The van der Waals surface area contributed by atoms with Crippen LogP contribution in [0.25, 0.3) is 0 Å². The van der Waals surface area contributed by atoms with Crippen molar-refractivity contribution in [1.29, 1.82) is 0 Å². The molecule has 1 aromatic rings. The maximum absolute atomic E-state index is 4.43. The van der Waals surface area contributed by atoms with Crippen LogP contribution in [0.15, 0.2) is 16.9 Å². The first-order valence-corrected chi connectivity index (χ1v) is 10.8. The summed E-state index contributed by atoms with van der Waals surface area (Å²) in [5.41, 5.74) is 0. The first kappa shape index (κ1) is 20.6. The highest BCUT2D eigenvalue weighted by atomic mass is 79.9. The third kappa shape index (κ3) is 7.22. The highest BCUT2D eigenvalue weighted by Gasteiger charge is 2.25. The first-order valence-electron chi connectivity index (χ1n) is 9.99. The van der Waals surface area contributed by atoms with Gasteiger partial charge < -0.3 is 9.80 Å². The van der Waals surface area contributed by atoms with Crippen molar-refractivity contribution in [2.45, 2.75) is 70.8 Å². The summed E-state index contributed by atoms with van der Waals surface area (Å²) < 4.78 is 0.938. The molecule has 1 aliphatic rings. The van der Waals surface area contributed by atoms with Gasteiger partial charge in [-0.2, -0.15) is 0 Å². The van der Waals surface area contributed by atoms with E-state index in [4.69, 9.17) is 0 Å². The van der Waals surface area contributed by atoms with Crippen LogP contribution in [0.5, 0.6) is 0 Å². The van der Waals surface area contributed by atoms with E-state index in [2.05, 4.69) is 56.7 Å². The molecule has 4 nitrogen and oxygen atoms in total. The maximum atomic E-state index is 4.43. The third-order valence-electron chi connectivity index (χ3n) is 5.58. The number of nitrogens with zero attached hydrogens (tertiary/aromatic N) is 4. The third-order valence-corrected chi connectivity index (χ3v) is 5.99. The molecule has 142 valence electrons. The topological polar surface area (TPSA) is 32.3 Å². The lowest BCUT2D eigenvalue weighted by atomic mass is 9.83. The van der Waals surface area contributed by atoms with E-state index in [1.807, 2.05) is 12.4 Å². The normalized spacial score (nSPS) is 20.8. The van der Waals surface area contributed by atoms with Gasteiger partial charge in [0.1, 0.15) is 0 Å². The predicted octanol–water partition coefficient (Wildman–Crippen LogP) is 5.14. The van der Waals surface area contributed by atoms with E-state index >= 15 is 0 Å². The molecule has 5 heteroatoms. The predicted molar refractivity (Wildman–Crippen MR) is 110 cm³/mol. The number of halogens is 1. The van der Waals surface area contributed by atoms with Crippen LogP contribution < -0.4 is 4.90 Å². The Bertz CT molecular complexity index is 471. The van der Waals surface area contributed by atoms with Crippen LogP contribution in [-0.2, 0) is 0 Å². The molecule has 0 aliphatic heterocycles. The van der Waals surface area contributed by atoms with Gasteiger partial charge in [0.2, 0.25) is 5.95 Å². The Kier molecular flexibility index (Phi) is 9.18. The molecule has 0 bridgehead atoms. The van der Waals surface area contributed by atoms with Crippen molar-refractivity contribution in [2.24, 2.45) is 5.92 Å². The fourth-order valence-corrected chi connectivity index (χ4v) is 4.07. The van der Waals surface area contributed by atoms with Crippen LogP contribution >= 0.6 is 15.9 Å². The SMILES string of the molecule is CCCCCN(C)CCCC1CCC(N(C)c2ncc(Br)cn2)CC1. The van der Waals surface area contributed by atoms with Crippen LogP contribution in [0.4, 0.5) is 5.95 Å². The Morgan fingerprint density at radius 2 is 1.64 bits per heavy atom. The van der Waals surface area contributed by atoms with Crippen molar-refractivity contribution in [1.82, 2.24) is 14.9 Å². The summed E-state index contributed by atoms with van der Waals surface area (Å²) in [6.45, 7) is 4.80. The zero-order valence-corrected chi connectivity index (χ0v) is 17.8. The number of rotatable bonds is 10. The molecule has 0 saturated heterocycles. The summed E-state index contributed by atoms with van der Waals surface area (Å²) in [6.07, 6.45) is 15.7. The molecule has 0 radical (unpaired) electrons. The minimum Gasteiger partial charge on any atom is -0.341 e. The van der Waals surface area contributed by atoms with Crippen LogP contribution in [-0.4, -0.2) is 48.1 Å². The second-order valence-electron chi connectivity index (χ2n) is 7.64. The molecule has 1 aliphatic carbocycles. The van der Waals surface area contributed by atoms with Gasteiger partial charge in [-0.25, -0.2) is 9.97 Å². The smallest absolute Gasteiger partial charge is 0.225 e. The van der Waals surface area contributed by atoms with Gasteiger partial charge >= 0.3 is 0 Å². The average Bonchev–Trinajstić information content (AvgIpc) is 2.63. The van der Waals surface area contributed by atoms with Crippen LogP contribution in [0.1, 0.15) is 64.7 Å². The summed E-state index contributed by atoms with van der Waals surface area (Å²) in [5, 5.41) is 0. The fraction of sp³-hybridized carbons (Fsp3) is 0.800. The Labute approximate surface area is 162 Å². The van der Waals surface area contributed by atoms with Crippen molar-refractivity contribution in [3.63, 3.8) is 0 Å². The van der Waals surface area contributed by atoms with Crippen LogP contribution in [0, 0.1) is 5.92 Å². The van der Waals surface area contributed by atoms with Gasteiger partial charge in [0.05, 0.1) is 4.47 Å². The highest BCUT2D eigenvalue weighted by Crippen LogP contribution is 2.31. The van der Waals surface area contributed by atoms with Crippen LogP contribution in [0.3, 0.4) is 0 Å². The van der Waals surface area contributed by atoms with Crippen molar-refractivity contribution >= 4 is 21.9 Å². The molecule has 0 atom stereocenters. The van der Waals surface area contributed by atoms with Gasteiger partial charge in [0.15, 0.2) is 0 Å². The molecule has 0 aromatic carbocycles. The zero-order chi connectivity index (χ0) is 18.1. The van der Waals surface area contributed by atoms with Gasteiger partial charge in [-0.15, -0.1) is 0 Å². The molecular formula is C20H35BrN4. The summed E-state index contributed by atoms with van der Waals surface area (Å²) in [6, 6.07) is 0.592. The molecule has 1 heterocycles. The highest BCUT2D eigenvalue weighted by molar-refractivity contribution is 9.10. The van der Waals surface area contributed by atoms with Gasteiger partial charge in [-0.05, 0) is 86.9 Å². The molecule has 25 heavy (non-hydrogen) atoms. The van der Waals surface area contributed by atoms with Gasteiger partial charge in [-0.3, -0.25) is 0 Å². The fourth-order valence-electron chi connectivity index (χ4n) is 3.87. The van der Waals surface area contributed by atoms with Crippen molar-refractivity contribution in [3.8, 4) is 0 Å². The minimum atomic E-state index is 0.592. The lowest BCUT2D eigenvalue weighted by Gasteiger charge is -2.34. The minimum absolute atomic E-state index is 0.592. The summed E-state index contributed by atoms with van der Waals surface area (Å²) in [4.78, 5) is 13.7. The Balaban J connectivity index is 1.63. The zero-order valence-electron chi connectivity index (χ0n) is 16.3. The van der Waals surface area contributed by atoms with Crippen LogP contribution in [0.2, 0.25) is 0 Å². The van der Waals surface area contributed by atoms with E-state index in [1.54, 1.807) is 0 Å². The monoisotopic (exact) mass is 410 g/mol. The van der Waals surface area contributed by atoms with E-state index < -0.39 is 0 Å². The van der Waals surface area contributed by atoms with Crippen molar-refractivity contribution in [2.75, 3.05) is 32.1 Å². The van der Waals surface area contributed by atoms with E-state index in [9.17, 15) is 0 Å². The Morgan fingerprint density at radius 1 is 1.00 bits per heavy atom. The average molecular weight is 411 g/mol. The van der Waals surface area contributed by atoms with E-state index in [0.717, 1.165) is 16.3 Å². The second-order valence-corrected chi connectivity index (χ2v) is 8.56. The summed E-state index contributed by atoms with van der Waals surface area (Å²) in [7, 11) is 4.42. The Hall–Kier alpha value is -0.680. The maximum Gasteiger partial charge on any atom is 0.225 e. The lowest BCUT2D eigenvalue weighted by Crippen LogP contribution is -2.36. The first-order chi connectivity index (χ1) is 12.1. The standard InChI is InChI=1S/C20H35BrN4/c1-4-5-6-13-24(2)14-7-8-17-9-11-19(12-10-17)25(3)20-22-15-18(21)16-23-20/h15-17,19H,4-14H2,1-3H3. The quantitative estimate of drug-likeness (QED) is 0.500. The molecule has 0 N–H and O–H groups in total. The molecule has 0 amide bonds. The van der Waals surface area contributed by atoms with Gasteiger partial charge in [0.25, 0.3) is 0 Å². The van der Waals surface area contributed by atoms with Gasteiger partial charge in [0, 0.05) is 25.5 Å². The van der Waals surface area contributed by atoms with E-state index in [0.29, 0.717) is 6.04 Å². The van der Waals surface area contributed by atoms with Crippen molar-refractivity contribution < 1.29 is 0 Å². The summed E-state index contributed by atoms with van der Waals surface area (Å²) in [5.74, 6) is 1.76. The molecule has 0 spiro atoms. The van der Waals surface area contributed by atoms with E-state index in [1.165, 1.54) is 70.9 Å². The largest absolute Gasteiger partial charge is 0.341 e. The molecule has 1 saturated carbocycles. The molecule has 1 aromatic heterocycles. The van der Waals surface area contributed by atoms with E-state index in [-0.39, 0.29) is 0 Å². The number of anilines is 1.